The number of hydrogen-bond acceptors (Lipinski definition) is 6. The van der Waals surface area contributed by atoms with Gasteiger partial charge in [-0.3, -0.25) is 0 Å². The molecule has 0 bridgehead atoms. The normalized spacial score (nSPS) is 41.8. The minimum absolute atomic E-state index is 0.315. The molecule has 1 heterocycles. The second kappa shape index (κ2) is 5.74. The van der Waals surface area contributed by atoms with Gasteiger partial charge in [0.25, 0.3) is 0 Å². The molecule has 15 heavy (non-hydrogen) atoms. The van der Waals surface area contributed by atoms with Crippen LogP contribution in [0.25, 0.3) is 0 Å². The lowest BCUT2D eigenvalue weighted by molar-refractivity contribution is -0.281. The van der Waals surface area contributed by atoms with Crippen LogP contribution in [0.5, 0.6) is 0 Å². The van der Waals surface area contributed by atoms with Gasteiger partial charge in [0.2, 0.25) is 0 Å². The third-order valence-electron chi connectivity index (χ3n) is 2.59. The Morgan fingerprint density at radius 2 is 2.00 bits per heavy atom. The number of ether oxygens (including phenoxy) is 2. The van der Waals surface area contributed by atoms with E-state index in [9.17, 15) is 10.2 Å². The van der Waals surface area contributed by atoms with E-state index in [1.807, 2.05) is 0 Å². The van der Waals surface area contributed by atoms with E-state index >= 15 is 0 Å². The zero-order valence-corrected chi connectivity index (χ0v) is 8.74. The molecule has 6 heteroatoms. The summed E-state index contributed by atoms with van der Waals surface area (Å²) in [5.74, 6) is -0.352. The lowest BCUT2D eigenvalue weighted by atomic mass is 9.92. The number of aliphatic hydroxyl groups excluding tert-OH is 3. The van der Waals surface area contributed by atoms with Crippen LogP contribution in [0.4, 0.5) is 0 Å². The molecule has 5 N–H and O–H groups in total. The highest BCUT2D eigenvalue weighted by Crippen LogP contribution is 2.26. The van der Waals surface area contributed by atoms with Crippen LogP contribution in [0.2, 0.25) is 0 Å². The first-order valence-corrected chi connectivity index (χ1v) is 5.06. The maximum Gasteiger partial charge on any atom is 0.163 e. The molecule has 0 aromatic carbocycles. The molecule has 0 aliphatic carbocycles. The largest absolute Gasteiger partial charge is 0.394 e. The molecular weight excluding hydrogens is 202 g/mol. The highest BCUT2D eigenvalue weighted by molar-refractivity contribution is 4.86. The molecule has 0 radical (unpaired) electrons. The van der Waals surface area contributed by atoms with E-state index < -0.39 is 24.6 Å². The fraction of sp³-hybridized carbons (Fsp3) is 1.00. The van der Waals surface area contributed by atoms with Gasteiger partial charge in [-0.25, -0.2) is 0 Å². The Morgan fingerprint density at radius 1 is 1.33 bits per heavy atom. The van der Waals surface area contributed by atoms with Crippen molar-refractivity contribution in [2.75, 3.05) is 19.8 Å². The van der Waals surface area contributed by atoms with Gasteiger partial charge in [0, 0.05) is 12.5 Å². The lowest BCUT2D eigenvalue weighted by Gasteiger charge is -2.40. The lowest BCUT2D eigenvalue weighted by Crippen LogP contribution is -2.55. The van der Waals surface area contributed by atoms with E-state index in [1.165, 1.54) is 0 Å². The molecule has 1 aliphatic heterocycles. The fourth-order valence-corrected chi connectivity index (χ4v) is 1.59. The van der Waals surface area contributed by atoms with Crippen LogP contribution in [0, 0.1) is 5.92 Å². The maximum absolute atomic E-state index is 9.67. The Bertz CT molecular complexity index is 189. The summed E-state index contributed by atoms with van der Waals surface area (Å²) >= 11 is 0. The van der Waals surface area contributed by atoms with Crippen molar-refractivity contribution < 1.29 is 24.8 Å². The Hall–Kier alpha value is -0.240. The highest BCUT2D eigenvalue weighted by Gasteiger charge is 2.42. The van der Waals surface area contributed by atoms with Gasteiger partial charge in [-0.2, -0.15) is 0 Å². The zero-order chi connectivity index (χ0) is 11.4. The van der Waals surface area contributed by atoms with Crippen LogP contribution in [-0.4, -0.2) is 59.7 Å². The van der Waals surface area contributed by atoms with Crippen molar-refractivity contribution in [2.24, 2.45) is 11.7 Å². The van der Waals surface area contributed by atoms with E-state index in [-0.39, 0.29) is 12.5 Å². The summed E-state index contributed by atoms with van der Waals surface area (Å²) in [7, 11) is 0. The Labute approximate surface area is 88.6 Å². The standard InChI is InChI=1S/C9H19NO5/c1-5-7(12)8(13)6(4-11)15-9(5)14-3-2-10/h5-9,11-13H,2-4,10H2,1H3/t5?,6?,7-,8+,9-/m1/s1. The van der Waals surface area contributed by atoms with Crippen LogP contribution >= 0.6 is 0 Å². The Morgan fingerprint density at radius 3 is 2.53 bits per heavy atom. The van der Waals surface area contributed by atoms with Gasteiger partial charge in [0.1, 0.15) is 12.2 Å². The first kappa shape index (κ1) is 12.8. The fourth-order valence-electron chi connectivity index (χ4n) is 1.59. The van der Waals surface area contributed by atoms with Crippen molar-refractivity contribution in [3.05, 3.63) is 0 Å². The SMILES string of the molecule is CC1[C@H](OCCN)OC(CO)[C@H](O)[C@@H]1O. The molecular formula is C9H19NO5. The monoisotopic (exact) mass is 221 g/mol. The van der Waals surface area contributed by atoms with Crippen LogP contribution in [0.15, 0.2) is 0 Å². The topological polar surface area (TPSA) is 105 Å². The Kier molecular flexibility index (Phi) is 4.91. The van der Waals surface area contributed by atoms with Gasteiger partial charge in [-0.15, -0.1) is 0 Å². The minimum Gasteiger partial charge on any atom is -0.394 e. The number of hydrogen-bond donors (Lipinski definition) is 4. The van der Waals surface area contributed by atoms with E-state index in [0.717, 1.165) is 0 Å². The van der Waals surface area contributed by atoms with E-state index in [0.29, 0.717) is 13.2 Å². The second-order valence-corrected chi connectivity index (χ2v) is 3.73. The molecule has 0 aromatic rings. The molecule has 1 rings (SSSR count). The first-order chi connectivity index (χ1) is 7.11. The van der Waals surface area contributed by atoms with Gasteiger partial charge in [-0.1, -0.05) is 6.92 Å². The van der Waals surface area contributed by atoms with Gasteiger partial charge in [-0.05, 0) is 0 Å². The van der Waals surface area contributed by atoms with E-state index in [2.05, 4.69) is 0 Å². The summed E-state index contributed by atoms with van der Waals surface area (Å²) < 4.78 is 10.6. The van der Waals surface area contributed by atoms with Crippen molar-refractivity contribution in [3.63, 3.8) is 0 Å². The zero-order valence-electron chi connectivity index (χ0n) is 8.74. The molecule has 0 spiro atoms. The van der Waals surface area contributed by atoms with Crippen LogP contribution in [0.3, 0.4) is 0 Å². The predicted molar refractivity (Wildman–Crippen MR) is 51.9 cm³/mol. The smallest absolute Gasteiger partial charge is 0.163 e. The van der Waals surface area contributed by atoms with Crippen molar-refractivity contribution in [2.45, 2.75) is 31.5 Å². The number of aliphatic hydroxyl groups is 3. The molecule has 1 saturated heterocycles. The molecule has 1 fully saturated rings. The molecule has 0 saturated carbocycles. The minimum atomic E-state index is -1.08. The average molecular weight is 221 g/mol. The predicted octanol–water partition coefficient (Wildman–Crippen LogP) is -1.96. The van der Waals surface area contributed by atoms with Crippen LogP contribution in [0.1, 0.15) is 6.92 Å². The summed E-state index contributed by atoms with van der Waals surface area (Å²) in [5, 5.41) is 28.1. The van der Waals surface area contributed by atoms with Crippen molar-refractivity contribution in [1.82, 2.24) is 0 Å². The van der Waals surface area contributed by atoms with Crippen molar-refractivity contribution in [3.8, 4) is 0 Å². The van der Waals surface area contributed by atoms with Gasteiger partial charge in [0.15, 0.2) is 6.29 Å². The number of rotatable bonds is 4. The van der Waals surface area contributed by atoms with Gasteiger partial charge in [0.05, 0.1) is 19.3 Å². The van der Waals surface area contributed by atoms with Crippen LogP contribution < -0.4 is 5.73 Å². The number of nitrogens with two attached hydrogens (primary N) is 1. The summed E-state index contributed by atoms with van der Waals surface area (Å²) in [5.41, 5.74) is 5.28. The molecule has 0 amide bonds. The maximum atomic E-state index is 9.67. The molecule has 90 valence electrons. The molecule has 5 atom stereocenters. The van der Waals surface area contributed by atoms with Gasteiger partial charge < -0.3 is 30.5 Å². The first-order valence-electron chi connectivity index (χ1n) is 5.06. The van der Waals surface area contributed by atoms with Crippen molar-refractivity contribution in [1.29, 1.82) is 0 Å². The molecule has 6 nitrogen and oxygen atoms in total. The van der Waals surface area contributed by atoms with Crippen molar-refractivity contribution >= 4 is 0 Å². The third-order valence-corrected chi connectivity index (χ3v) is 2.59. The van der Waals surface area contributed by atoms with Gasteiger partial charge >= 0.3 is 0 Å². The second-order valence-electron chi connectivity index (χ2n) is 3.73. The third kappa shape index (κ3) is 2.87. The van der Waals surface area contributed by atoms with E-state index in [4.69, 9.17) is 20.3 Å². The quantitative estimate of drug-likeness (QED) is 0.439. The molecule has 2 unspecified atom stereocenters. The summed E-state index contributed by atoms with van der Waals surface area (Å²) in [6.07, 6.45) is -3.48. The summed E-state index contributed by atoms with van der Waals surface area (Å²) in [6, 6.07) is 0. The summed E-state index contributed by atoms with van der Waals surface area (Å²) in [4.78, 5) is 0. The average Bonchev–Trinajstić information content (AvgIpc) is 2.25. The molecule has 1 aliphatic rings. The van der Waals surface area contributed by atoms with E-state index in [1.54, 1.807) is 6.92 Å². The summed E-state index contributed by atoms with van der Waals surface area (Å²) in [6.45, 7) is 2.03. The van der Waals surface area contributed by atoms with Crippen LogP contribution in [-0.2, 0) is 9.47 Å². The highest BCUT2D eigenvalue weighted by atomic mass is 16.7. The Balaban J connectivity index is 2.57. The molecule has 0 aromatic heterocycles.